The van der Waals surface area contributed by atoms with Gasteiger partial charge in [-0.1, -0.05) is 12.1 Å². The van der Waals surface area contributed by atoms with E-state index in [4.69, 9.17) is 4.74 Å². The third-order valence-electron chi connectivity index (χ3n) is 4.85. The molecular formula is C20H27N5O3. The van der Waals surface area contributed by atoms with Crippen LogP contribution in [0.2, 0.25) is 0 Å². The molecule has 0 radical (unpaired) electrons. The highest BCUT2D eigenvalue weighted by molar-refractivity contribution is 5.74. The van der Waals surface area contributed by atoms with Crippen LogP contribution in [0.1, 0.15) is 24.1 Å². The first kappa shape index (κ1) is 19.7. The van der Waals surface area contributed by atoms with E-state index in [9.17, 15) is 9.59 Å². The fourth-order valence-corrected chi connectivity index (χ4v) is 3.30. The van der Waals surface area contributed by atoms with Crippen LogP contribution < -0.4 is 25.8 Å². The van der Waals surface area contributed by atoms with Crippen molar-refractivity contribution in [3.63, 3.8) is 0 Å². The summed E-state index contributed by atoms with van der Waals surface area (Å²) in [5.41, 5.74) is 1.71. The van der Waals surface area contributed by atoms with E-state index < -0.39 is 0 Å². The lowest BCUT2D eigenvalue weighted by Gasteiger charge is -2.32. The van der Waals surface area contributed by atoms with Gasteiger partial charge in [-0.05, 0) is 43.9 Å². The molecular weight excluding hydrogens is 358 g/mol. The molecule has 28 heavy (non-hydrogen) atoms. The highest BCUT2D eigenvalue weighted by Gasteiger charge is 2.22. The van der Waals surface area contributed by atoms with Gasteiger partial charge in [0.2, 0.25) is 5.95 Å². The number of hydrogen-bond acceptors (Lipinski definition) is 5. The van der Waals surface area contributed by atoms with Crippen LogP contribution in [0.5, 0.6) is 5.75 Å². The zero-order chi connectivity index (χ0) is 19.9. The number of anilines is 1. The number of carbonyl (C=O) groups excluding carboxylic acids is 1. The molecule has 1 aromatic heterocycles. The quantitative estimate of drug-likeness (QED) is 0.701. The van der Waals surface area contributed by atoms with E-state index in [1.807, 2.05) is 36.1 Å². The number of aryl methyl sites for hydroxylation is 1. The van der Waals surface area contributed by atoms with Gasteiger partial charge in [-0.2, -0.15) is 0 Å². The van der Waals surface area contributed by atoms with Gasteiger partial charge in [0.1, 0.15) is 5.75 Å². The highest BCUT2D eigenvalue weighted by atomic mass is 16.5. The number of nitrogens with zero attached hydrogens (tertiary/aromatic N) is 2. The first-order valence-corrected chi connectivity index (χ1v) is 9.53. The van der Waals surface area contributed by atoms with Gasteiger partial charge in [0.25, 0.3) is 5.56 Å². The Hall–Kier alpha value is -3.03. The molecule has 1 saturated heterocycles. The molecule has 1 aliphatic rings. The van der Waals surface area contributed by atoms with Gasteiger partial charge in [-0.15, -0.1) is 0 Å². The fraction of sp³-hybridized carbons (Fsp3) is 0.450. The number of rotatable bonds is 6. The second-order valence-electron chi connectivity index (χ2n) is 6.97. The molecule has 0 atom stereocenters. The van der Waals surface area contributed by atoms with Crippen LogP contribution in [0, 0.1) is 6.92 Å². The summed E-state index contributed by atoms with van der Waals surface area (Å²) in [6, 6.07) is 9.28. The van der Waals surface area contributed by atoms with Crippen molar-refractivity contribution < 1.29 is 9.53 Å². The molecule has 0 spiro atoms. The summed E-state index contributed by atoms with van der Waals surface area (Å²) in [6.45, 7) is 3.86. The lowest BCUT2D eigenvalue weighted by molar-refractivity contribution is 0.234. The van der Waals surface area contributed by atoms with Crippen LogP contribution in [0.25, 0.3) is 0 Å². The minimum absolute atomic E-state index is 0.119. The Bertz CT molecular complexity index is 842. The number of H-pyrrole nitrogens is 1. The Labute approximate surface area is 164 Å². The first-order chi connectivity index (χ1) is 13.5. The first-order valence-electron chi connectivity index (χ1n) is 9.53. The zero-order valence-electron chi connectivity index (χ0n) is 16.3. The van der Waals surface area contributed by atoms with Crippen molar-refractivity contribution in [3.05, 3.63) is 51.9 Å². The summed E-state index contributed by atoms with van der Waals surface area (Å²) in [4.78, 5) is 32.9. The van der Waals surface area contributed by atoms with Gasteiger partial charge in [-0.3, -0.25) is 9.78 Å². The zero-order valence-corrected chi connectivity index (χ0v) is 16.3. The van der Waals surface area contributed by atoms with E-state index in [-0.39, 0.29) is 17.6 Å². The van der Waals surface area contributed by atoms with Crippen LogP contribution >= 0.6 is 0 Å². The summed E-state index contributed by atoms with van der Waals surface area (Å²) in [6.07, 6.45) is 2.38. The number of amides is 2. The average Bonchev–Trinajstić information content (AvgIpc) is 2.68. The molecule has 0 unspecified atom stereocenters. The number of nitrogens with one attached hydrogen (secondary N) is 3. The Balaban J connectivity index is 1.39. The molecule has 2 aromatic rings. The molecule has 8 heteroatoms. The lowest BCUT2D eigenvalue weighted by Crippen LogP contribution is -2.48. The van der Waals surface area contributed by atoms with Crippen LogP contribution in [0.3, 0.4) is 0 Å². The van der Waals surface area contributed by atoms with Crippen LogP contribution in [0.15, 0.2) is 35.1 Å². The second-order valence-corrected chi connectivity index (χ2v) is 6.97. The van der Waals surface area contributed by atoms with Gasteiger partial charge in [0, 0.05) is 37.4 Å². The number of methoxy groups -OCH3 is 1. The van der Waals surface area contributed by atoms with E-state index in [2.05, 4.69) is 20.6 Å². The lowest BCUT2D eigenvalue weighted by atomic mass is 10.1. The van der Waals surface area contributed by atoms with Crippen molar-refractivity contribution in [3.8, 4) is 5.75 Å². The van der Waals surface area contributed by atoms with Crippen molar-refractivity contribution in [2.24, 2.45) is 0 Å². The number of carbonyl (C=O) groups is 1. The summed E-state index contributed by atoms with van der Waals surface area (Å²) < 4.78 is 5.14. The highest BCUT2D eigenvalue weighted by Crippen LogP contribution is 2.15. The number of ether oxygens (including phenoxy) is 1. The Morgan fingerprint density at radius 3 is 2.64 bits per heavy atom. The van der Waals surface area contributed by atoms with Crippen molar-refractivity contribution in [1.82, 2.24) is 20.6 Å². The minimum Gasteiger partial charge on any atom is -0.497 e. The van der Waals surface area contributed by atoms with E-state index in [1.165, 1.54) is 6.07 Å². The minimum atomic E-state index is -0.144. The molecule has 0 bridgehead atoms. The molecule has 1 fully saturated rings. The maximum Gasteiger partial charge on any atom is 0.315 e. The van der Waals surface area contributed by atoms with Gasteiger partial charge < -0.3 is 20.3 Å². The Morgan fingerprint density at radius 1 is 1.29 bits per heavy atom. The number of hydrogen-bond donors (Lipinski definition) is 3. The maximum atomic E-state index is 12.1. The van der Waals surface area contributed by atoms with Crippen LogP contribution in [-0.2, 0) is 6.42 Å². The number of aromatic amines is 1. The molecule has 8 nitrogen and oxygen atoms in total. The average molecular weight is 385 g/mol. The van der Waals surface area contributed by atoms with Crippen molar-refractivity contribution >= 4 is 12.0 Å². The van der Waals surface area contributed by atoms with Gasteiger partial charge in [0.05, 0.1) is 7.11 Å². The molecule has 2 amide bonds. The number of urea groups is 1. The van der Waals surface area contributed by atoms with Crippen molar-refractivity contribution in [1.29, 1.82) is 0 Å². The Kier molecular flexibility index (Phi) is 6.52. The molecule has 1 aliphatic heterocycles. The molecule has 3 N–H and O–H groups in total. The Morgan fingerprint density at radius 2 is 2.00 bits per heavy atom. The molecule has 150 valence electrons. The summed E-state index contributed by atoms with van der Waals surface area (Å²) in [7, 11) is 1.64. The van der Waals surface area contributed by atoms with Crippen molar-refractivity contribution in [2.45, 2.75) is 32.2 Å². The van der Waals surface area contributed by atoms with E-state index >= 15 is 0 Å². The summed E-state index contributed by atoms with van der Waals surface area (Å²) in [5, 5.41) is 5.94. The van der Waals surface area contributed by atoms with E-state index in [1.54, 1.807) is 7.11 Å². The fourth-order valence-electron chi connectivity index (χ4n) is 3.30. The summed E-state index contributed by atoms with van der Waals surface area (Å²) >= 11 is 0. The number of aromatic nitrogens is 2. The van der Waals surface area contributed by atoms with Gasteiger partial charge in [0.15, 0.2) is 0 Å². The number of benzene rings is 1. The van der Waals surface area contributed by atoms with Gasteiger partial charge >= 0.3 is 6.03 Å². The van der Waals surface area contributed by atoms with E-state index in [0.29, 0.717) is 18.2 Å². The monoisotopic (exact) mass is 385 g/mol. The second kappa shape index (κ2) is 9.25. The standard InChI is InChI=1S/C20H27N5O3/c1-14-13-18(26)24-19(22-14)25-11-8-16(9-12-25)23-20(27)21-10-7-15-3-5-17(28-2)6-4-15/h3-6,13,16H,7-12H2,1-2H3,(H2,21,23,27)(H,22,24,26). The van der Waals surface area contributed by atoms with Gasteiger partial charge in [-0.25, -0.2) is 9.78 Å². The van der Waals surface area contributed by atoms with Crippen molar-refractivity contribution in [2.75, 3.05) is 31.6 Å². The predicted molar refractivity (Wildman–Crippen MR) is 108 cm³/mol. The third-order valence-corrected chi connectivity index (χ3v) is 4.85. The van der Waals surface area contributed by atoms with E-state index in [0.717, 1.165) is 43.7 Å². The smallest absolute Gasteiger partial charge is 0.315 e. The largest absolute Gasteiger partial charge is 0.497 e. The molecule has 1 aromatic carbocycles. The topological polar surface area (TPSA) is 99.3 Å². The summed E-state index contributed by atoms with van der Waals surface area (Å²) in [5.74, 6) is 1.43. The molecule has 2 heterocycles. The normalized spacial score (nSPS) is 14.6. The molecule has 3 rings (SSSR count). The third kappa shape index (κ3) is 5.48. The van der Waals surface area contributed by atoms with Crippen LogP contribution in [-0.4, -0.2) is 48.8 Å². The SMILES string of the molecule is COc1ccc(CCNC(=O)NC2CCN(c3nc(C)cc(=O)[nH]3)CC2)cc1. The molecule has 0 aliphatic carbocycles. The molecule has 0 saturated carbocycles. The maximum absolute atomic E-state index is 12.1. The number of piperidine rings is 1. The predicted octanol–water partition coefficient (Wildman–Crippen LogP) is 1.60. The van der Waals surface area contributed by atoms with Crippen LogP contribution in [0.4, 0.5) is 10.7 Å².